The summed E-state index contributed by atoms with van der Waals surface area (Å²) in [6.45, 7) is 16.5. The molecule has 3 N–H and O–H groups in total. The first-order valence-electron chi connectivity index (χ1n) is 8.36. The van der Waals surface area contributed by atoms with Crippen molar-refractivity contribution < 1.29 is 18.8 Å². The van der Waals surface area contributed by atoms with Gasteiger partial charge in [0, 0.05) is 13.0 Å². The maximum atomic E-state index is 12.4. The Kier molecular flexibility index (Phi) is 6.11. The van der Waals surface area contributed by atoms with Crippen molar-refractivity contribution in [2.45, 2.75) is 83.8 Å². The summed E-state index contributed by atoms with van der Waals surface area (Å²) in [5, 5.41) is 0.0535. The number of carbonyl (C=O) groups is 2. The second-order valence-electron chi connectivity index (χ2n) is 8.89. The Bertz CT molecular complexity index is 483. The zero-order valence-electron chi connectivity index (χ0n) is 16.2. The van der Waals surface area contributed by atoms with Crippen molar-refractivity contribution in [3.63, 3.8) is 0 Å². The normalized spacial score (nSPS) is 22.5. The summed E-state index contributed by atoms with van der Waals surface area (Å²) in [6.07, 6.45) is -0.285. The zero-order chi connectivity index (χ0) is 18.9. The molecule has 1 aliphatic heterocycles. The molecule has 0 unspecified atom stereocenters. The molecule has 140 valence electrons. The Balaban J connectivity index is 2.92. The molecule has 0 aromatic rings. The molecule has 1 heterocycles. The van der Waals surface area contributed by atoms with E-state index in [9.17, 15) is 9.59 Å². The van der Waals surface area contributed by atoms with Crippen molar-refractivity contribution >= 4 is 20.3 Å². The van der Waals surface area contributed by atoms with Crippen molar-refractivity contribution in [3.8, 4) is 0 Å². The highest BCUT2D eigenvalue weighted by Gasteiger charge is 2.46. The van der Waals surface area contributed by atoms with Gasteiger partial charge >= 0.3 is 6.09 Å². The first-order chi connectivity index (χ1) is 10.7. The standard InChI is InChI=1S/C16H33N3O4Si/c1-15(2,3)22-14(21)19-10-11(9-12(19)13(20)18-17)23-24(7,8)16(4,5)6/h11-12H,9-10,17H2,1-8H3,(H,18,20)/t11-,12-/m0/s1. The molecule has 0 saturated carbocycles. The Hall–Kier alpha value is -1.12. The van der Waals surface area contributed by atoms with Crippen LogP contribution < -0.4 is 11.3 Å². The third-order valence-corrected chi connectivity index (χ3v) is 9.14. The van der Waals surface area contributed by atoms with Gasteiger partial charge in [-0.25, -0.2) is 10.6 Å². The van der Waals surface area contributed by atoms with Gasteiger partial charge in [0.1, 0.15) is 11.6 Å². The molecule has 0 bridgehead atoms. The smallest absolute Gasteiger partial charge is 0.411 e. The van der Waals surface area contributed by atoms with E-state index >= 15 is 0 Å². The van der Waals surface area contributed by atoms with Crippen LogP contribution in [0.5, 0.6) is 0 Å². The summed E-state index contributed by atoms with van der Waals surface area (Å²) < 4.78 is 11.8. The fourth-order valence-electron chi connectivity index (χ4n) is 2.34. The number of amides is 2. The number of nitrogens with two attached hydrogens (primary N) is 1. The third-order valence-electron chi connectivity index (χ3n) is 4.60. The molecule has 1 aliphatic rings. The van der Waals surface area contributed by atoms with Crippen molar-refractivity contribution in [3.05, 3.63) is 0 Å². The van der Waals surface area contributed by atoms with Crippen LogP contribution in [0.15, 0.2) is 0 Å². The van der Waals surface area contributed by atoms with Gasteiger partial charge in [-0.05, 0) is 38.9 Å². The number of hydrogen-bond acceptors (Lipinski definition) is 5. The van der Waals surface area contributed by atoms with E-state index < -0.39 is 32.0 Å². The van der Waals surface area contributed by atoms with Gasteiger partial charge in [0.25, 0.3) is 5.91 Å². The van der Waals surface area contributed by atoms with Gasteiger partial charge in [-0.1, -0.05) is 20.8 Å². The second kappa shape index (κ2) is 7.01. The van der Waals surface area contributed by atoms with Crippen LogP contribution in [-0.4, -0.2) is 49.5 Å². The number of nitrogens with zero attached hydrogens (tertiary/aromatic N) is 1. The lowest BCUT2D eigenvalue weighted by Crippen LogP contribution is -2.49. The van der Waals surface area contributed by atoms with Crippen LogP contribution in [0.3, 0.4) is 0 Å². The van der Waals surface area contributed by atoms with Gasteiger partial charge in [0.15, 0.2) is 8.32 Å². The maximum absolute atomic E-state index is 12.4. The molecule has 1 rings (SSSR count). The highest BCUT2D eigenvalue weighted by atomic mass is 28.4. The van der Waals surface area contributed by atoms with Crippen LogP contribution in [0.25, 0.3) is 0 Å². The van der Waals surface area contributed by atoms with E-state index in [1.165, 1.54) is 4.90 Å². The lowest BCUT2D eigenvalue weighted by atomic mass is 10.2. The quantitative estimate of drug-likeness (QED) is 0.349. The zero-order valence-corrected chi connectivity index (χ0v) is 17.2. The third kappa shape index (κ3) is 5.19. The van der Waals surface area contributed by atoms with E-state index in [-0.39, 0.29) is 11.1 Å². The first-order valence-corrected chi connectivity index (χ1v) is 11.3. The number of carbonyl (C=O) groups excluding carboxylic acids is 2. The van der Waals surface area contributed by atoms with Gasteiger partial charge in [-0.2, -0.15) is 0 Å². The van der Waals surface area contributed by atoms with Crippen LogP contribution in [0.4, 0.5) is 4.79 Å². The first kappa shape index (κ1) is 20.9. The van der Waals surface area contributed by atoms with Crippen molar-refractivity contribution in [2.24, 2.45) is 5.84 Å². The molecule has 7 nitrogen and oxygen atoms in total. The average molecular weight is 360 g/mol. The van der Waals surface area contributed by atoms with Crippen molar-refractivity contribution in [1.29, 1.82) is 0 Å². The molecule has 2 atom stereocenters. The lowest BCUT2D eigenvalue weighted by molar-refractivity contribution is -0.125. The Labute approximate surface area is 146 Å². The summed E-state index contributed by atoms with van der Waals surface area (Å²) in [5.74, 6) is 4.87. The van der Waals surface area contributed by atoms with E-state index in [4.69, 9.17) is 15.0 Å². The number of nitrogens with one attached hydrogen (secondary N) is 1. The van der Waals surface area contributed by atoms with E-state index in [1.807, 2.05) is 0 Å². The van der Waals surface area contributed by atoms with Gasteiger partial charge in [0.05, 0.1) is 6.10 Å². The van der Waals surface area contributed by atoms with Gasteiger partial charge in [-0.15, -0.1) is 0 Å². The highest BCUT2D eigenvalue weighted by molar-refractivity contribution is 6.74. The Morgan fingerprint density at radius 3 is 2.12 bits per heavy atom. The summed E-state index contributed by atoms with van der Waals surface area (Å²) in [7, 11) is -2.00. The lowest BCUT2D eigenvalue weighted by Gasteiger charge is -2.38. The van der Waals surface area contributed by atoms with Crippen LogP contribution >= 0.6 is 0 Å². The fourth-order valence-corrected chi connectivity index (χ4v) is 3.70. The molecule has 1 saturated heterocycles. The fraction of sp³-hybridized carbons (Fsp3) is 0.875. The summed E-state index contributed by atoms with van der Waals surface area (Å²) >= 11 is 0. The van der Waals surface area contributed by atoms with Crippen LogP contribution in [0.1, 0.15) is 48.0 Å². The predicted molar refractivity (Wildman–Crippen MR) is 95.7 cm³/mol. The number of hydrazine groups is 1. The summed E-state index contributed by atoms with van der Waals surface area (Å²) in [6, 6.07) is -0.667. The molecular weight excluding hydrogens is 326 g/mol. The molecule has 0 aromatic heterocycles. The molecule has 0 radical (unpaired) electrons. The molecule has 2 amide bonds. The van der Waals surface area contributed by atoms with Crippen LogP contribution in [0, 0.1) is 0 Å². The summed E-state index contributed by atoms with van der Waals surface area (Å²) in [5.41, 5.74) is 1.51. The number of likely N-dealkylation sites (tertiary alicyclic amines) is 1. The Morgan fingerprint density at radius 2 is 1.71 bits per heavy atom. The minimum Gasteiger partial charge on any atom is -0.444 e. The molecule has 8 heteroatoms. The maximum Gasteiger partial charge on any atom is 0.411 e. The van der Waals surface area contributed by atoms with E-state index in [1.54, 1.807) is 20.8 Å². The van der Waals surface area contributed by atoms with Gasteiger partial charge in [0.2, 0.25) is 0 Å². The minimum atomic E-state index is -2.00. The van der Waals surface area contributed by atoms with Gasteiger partial charge in [-0.3, -0.25) is 15.1 Å². The molecule has 0 spiro atoms. The van der Waals surface area contributed by atoms with Crippen molar-refractivity contribution in [1.82, 2.24) is 10.3 Å². The topological polar surface area (TPSA) is 93.9 Å². The van der Waals surface area contributed by atoms with Gasteiger partial charge < -0.3 is 9.16 Å². The molecule has 0 aliphatic carbocycles. The number of hydrogen-bond donors (Lipinski definition) is 2. The van der Waals surface area contributed by atoms with E-state index in [0.717, 1.165) is 0 Å². The molecule has 0 aromatic carbocycles. The van der Waals surface area contributed by atoms with Crippen LogP contribution in [0.2, 0.25) is 18.1 Å². The minimum absolute atomic E-state index is 0.0535. The molecular formula is C16H33N3O4Si. The second-order valence-corrected chi connectivity index (χ2v) is 13.6. The Morgan fingerprint density at radius 1 is 1.17 bits per heavy atom. The number of ether oxygens (including phenoxy) is 1. The summed E-state index contributed by atoms with van der Waals surface area (Å²) in [4.78, 5) is 25.9. The molecule has 24 heavy (non-hydrogen) atoms. The number of rotatable bonds is 3. The SMILES string of the molecule is CC(C)(C)OC(=O)N1C[C@@H](O[Si](C)(C)C(C)(C)C)C[C@H]1C(=O)NN. The predicted octanol–water partition coefficient (Wildman–Crippen LogP) is 2.38. The van der Waals surface area contributed by atoms with Crippen LogP contribution in [-0.2, 0) is 14.0 Å². The van der Waals surface area contributed by atoms with E-state index in [2.05, 4.69) is 39.3 Å². The largest absolute Gasteiger partial charge is 0.444 e. The highest BCUT2D eigenvalue weighted by Crippen LogP contribution is 2.39. The van der Waals surface area contributed by atoms with Crippen molar-refractivity contribution in [2.75, 3.05) is 6.54 Å². The molecule has 1 fully saturated rings. The monoisotopic (exact) mass is 359 g/mol. The average Bonchev–Trinajstić information content (AvgIpc) is 2.77. The van der Waals surface area contributed by atoms with E-state index in [0.29, 0.717) is 13.0 Å².